The van der Waals surface area contributed by atoms with Crippen molar-refractivity contribution >= 4 is 5.97 Å². The second kappa shape index (κ2) is 9.26. The van der Waals surface area contributed by atoms with Gasteiger partial charge in [-0.15, -0.1) is 0 Å². The van der Waals surface area contributed by atoms with Crippen molar-refractivity contribution < 1.29 is 14.5 Å². The minimum absolute atomic E-state index is 0.0912. The van der Waals surface area contributed by atoms with Gasteiger partial charge in [-0.05, 0) is 50.7 Å². The van der Waals surface area contributed by atoms with Gasteiger partial charge in [0, 0.05) is 4.92 Å². The molecule has 4 rings (SSSR count). The maximum absolute atomic E-state index is 13.5. The Morgan fingerprint density at radius 3 is 1.94 bits per heavy atom. The van der Waals surface area contributed by atoms with E-state index in [9.17, 15) is 14.9 Å². The van der Waals surface area contributed by atoms with Crippen LogP contribution in [0.1, 0.15) is 64.0 Å². The molecular formula is C27H34N2O4. The van der Waals surface area contributed by atoms with Crippen LogP contribution < -0.4 is 5.32 Å². The molecule has 1 aliphatic heterocycles. The summed E-state index contributed by atoms with van der Waals surface area (Å²) in [6.07, 6.45) is 5.01. The van der Waals surface area contributed by atoms with E-state index >= 15 is 0 Å². The van der Waals surface area contributed by atoms with Crippen molar-refractivity contribution in [3.8, 4) is 0 Å². The van der Waals surface area contributed by atoms with E-state index in [4.69, 9.17) is 4.74 Å². The number of hydrogen-bond donors (Lipinski definition) is 1. The van der Waals surface area contributed by atoms with Gasteiger partial charge in [0.2, 0.25) is 6.04 Å². The first-order valence-electron chi connectivity index (χ1n) is 12.0. The number of carbonyl (C=O) groups excluding carboxylic acids is 1. The van der Waals surface area contributed by atoms with Crippen molar-refractivity contribution in [1.82, 2.24) is 5.32 Å². The molecule has 0 unspecified atom stereocenters. The van der Waals surface area contributed by atoms with Crippen molar-refractivity contribution in [2.45, 2.75) is 76.1 Å². The standard InChI is InChI=1S/C27H34N2O4/c1-26(2,3)33-25(30)23-22(19-13-7-4-8-14-19)24(29(31)32)27(28-23,20-15-9-5-10-16-20)21-17-11-6-12-18-21/h5-6,9-12,15-19,22-24,28H,4,7-8,13-14H2,1-3H3/t22-,23+,24+/m1/s1. The molecule has 1 N–H and O–H groups in total. The monoisotopic (exact) mass is 450 g/mol. The normalized spacial score (nSPS) is 25.5. The predicted molar refractivity (Wildman–Crippen MR) is 127 cm³/mol. The van der Waals surface area contributed by atoms with Crippen LogP contribution in [0, 0.1) is 22.0 Å². The van der Waals surface area contributed by atoms with Crippen LogP contribution in [0.25, 0.3) is 0 Å². The average Bonchev–Trinajstić information content (AvgIpc) is 3.18. The Kier molecular flexibility index (Phi) is 6.57. The molecule has 33 heavy (non-hydrogen) atoms. The SMILES string of the molecule is CC(C)(C)OC(=O)[C@H]1NC(c2ccccc2)(c2ccccc2)[C@@H]([N+](=O)[O-])[C@@H]1C1CCCCC1. The van der Waals surface area contributed by atoms with E-state index in [1.54, 1.807) is 0 Å². The van der Waals surface area contributed by atoms with E-state index < -0.39 is 35.1 Å². The lowest BCUT2D eigenvalue weighted by atomic mass is 9.69. The van der Waals surface area contributed by atoms with Crippen molar-refractivity contribution in [3.05, 3.63) is 81.9 Å². The number of rotatable bonds is 5. The van der Waals surface area contributed by atoms with Crippen molar-refractivity contribution in [3.63, 3.8) is 0 Å². The Bertz CT molecular complexity index is 925. The Morgan fingerprint density at radius 1 is 0.970 bits per heavy atom. The van der Waals surface area contributed by atoms with Gasteiger partial charge in [-0.2, -0.15) is 0 Å². The lowest BCUT2D eigenvalue weighted by molar-refractivity contribution is -0.540. The van der Waals surface area contributed by atoms with Crippen LogP contribution in [-0.4, -0.2) is 28.6 Å². The van der Waals surface area contributed by atoms with E-state index in [2.05, 4.69) is 5.32 Å². The molecule has 0 spiro atoms. The number of esters is 1. The number of hydrogen-bond acceptors (Lipinski definition) is 5. The molecule has 176 valence electrons. The van der Waals surface area contributed by atoms with Gasteiger partial charge in [-0.1, -0.05) is 79.9 Å². The molecule has 1 saturated carbocycles. The first-order chi connectivity index (χ1) is 15.7. The highest BCUT2D eigenvalue weighted by Crippen LogP contribution is 2.49. The van der Waals surface area contributed by atoms with Crippen molar-refractivity contribution in [1.29, 1.82) is 0 Å². The van der Waals surface area contributed by atoms with Crippen LogP contribution >= 0.6 is 0 Å². The largest absolute Gasteiger partial charge is 0.459 e. The topological polar surface area (TPSA) is 81.5 Å². The van der Waals surface area contributed by atoms with Gasteiger partial charge in [-0.3, -0.25) is 20.2 Å². The lowest BCUT2D eigenvalue weighted by Crippen LogP contribution is -2.51. The third kappa shape index (κ3) is 4.54. The Labute approximate surface area is 195 Å². The van der Waals surface area contributed by atoms with Gasteiger partial charge in [0.15, 0.2) is 0 Å². The zero-order valence-electron chi connectivity index (χ0n) is 19.7. The van der Waals surface area contributed by atoms with Crippen molar-refractivity contribution in [2.75, 3.05) is 0 Å². The quantitative estimate of drug-likeness (QED) is 0.390. The molecule has 2 aliphatic rings. The molecule has 2 aromatic rings. The fraction of sp³-hybridized carbons (Fsp3) is 0.519. The second-order valence-electron chi connectivity index (χ2n) is 10.4. The van der Waals surface area contributed by atoms with Gasteiger partial charge < -0.3 is 4.74 Å². The minimum atomic E-state index is -1.13. The number of nitrogens with zero attached hydrogens (tertiary/aromatic N) is 1. The Morgan fingerprint density at radius 2 is 1.48 bits per heavy atom. The molecule has 2 fully saturated rings. The summed E-state index contributed by atoms with van der Waals surface area (Å²) in [5.74, 6) is -0.775. The van der Waals surface area contributed by atoms with E-state index in [0.29, 0.717) is 0 Å². The third-order valence-electron chi connectivity index (χ3n) is 7.12. The summed E-state index contributed by atoms with van der Waals surface area (Å²) in [5.41, 5.74) is -0.213. The summed E-state index contributed by atoms with van der Waals surface area (Å²) in [6.45, 7) is 5.51. The van der Waals surface area contributed by atoms with Gasteiger partial charge in [0.05, 0.1) is 5.92 Å². The predicted octanol–water partition coefficient (Wildman–Crippen LogP) is 5.09. The van der Waals surface area contributed by atoms with E-state index in [0.717, 1.165) is 43.2 Å². The molecule has 0 radical (unpaired) electrons. The van der Waals surface area contributed by atoms with Crippen LogP contribution in [0.15, 0.2) is 60.7 Å². The maximum Gasteiger partial charge on any atom is 0.324 e. The fourth-order valence-electron chi connectivity index (χ4n) is 5.90. The zero-order chi connectivity index (χ0) is 23.6. The molecule has 2 aromatic carbocycles. The molecule has 3 atom stereocenters. The summed E-state index contributed by atoms with van der Waals surface area (Å²) < 4.78 is 5.81. The van der Waals surface area contributed by atoms with Crippen LogP contribution in [0.4, 0.5) is 0 Å². The Hall–Kier alpha value is -2.73. The van der Waals surface area contributed by atoms with Crippen LogP contribution in [0.2, 0.25) is 0 Å². The molecule has 1 aliphatic carbocycles. The van der Waals surface area contributed by atoms with Crippen LogP contribution in [0.3, 0.4) is 0 Å². The summed E-state index contributed by atoms with van der Waals surface area (Å²) in [4.78, 5) is 26.3. The highest BCUT2D eigenvalue weighted by molar-refractivity contribution is 5.78. The molecule has 6 heteroatoms. The third-order valence-corrected chi connectivity index (χ3v) is 7.12. The Balaban J connectivity index is 1.91. The molecule has 0 bridgehead atoms. The molecule has 6 nitrogen and oxygen atoms in total. The molecule has 1 heterocycles. The summed E-state index contributed by atoms with van der Waals surface area (Å²) >= 11 is 0. The lowest BCUT2D eigenvalue weighted by Gasteiger charge is -2.35. The molecule has 0 aromatic heterocycles. The van der Waals surface area contributed by atoms with Crippen LogP contribution in [0.5, 0.6) is 0 Å². The molecule has 1 saturated heterocycles. The summed E-state index contributed by atoms with van der Waals surface area (Å²) in [7, 11) is 0. The average molecular weight is 451 g/mol. The van der Waals surface area contributed by atoms with E-state index in [-0.39, 0.29) is 10.8 Å². The maximum atomic E-state index is 13.5. The van der Waals surface area contributed by atoms with Crippen LogP contribution in [-0.2, 0) is 15.1 Å². The summed E-state index contributed by atoms with van der Waals surface area (Å²) in [5, 5.41) is 16.4. The molecular weight excluding hydrogens is 416 g/mol. The second-order valence-corrected chi connectivity index (χ2v) is 10.4. The number of nitrogens with one attached hydrogen (secondary N) is 1. The highest BCUT2D eigenvalue weighted by Gasteiger charge is 2.65. The number of nitro groups is 1. The highest BCUT2D eigenvalue weighted by atomic mass is 16.6. The first kappa shape index (κ1) is 23.4. The molecule has 0 amide bonds. The number of benzene rings is 2. The first-order valence-corrected chi connectivity index (χ1v) is 12.0. The van der Waals surface area contributed by atoms with Gasteiger partial charge in [0.1, 0.15) is 17.2 Å². The number of carbonyl (C=O) groups is 1. The zero-order valence-corrected chi connectivity index (χ0v) is 19.7. The van der Waals surface area contributed by atoms with Gasteiger partial charge in [0.25, 0.3) is 0 Å². The van der Waals surface area contributed by atoms with E-state index in [1.807, 2.05) is 81.4 Å². The fourth-order valence-corrected chi connectivity index (χ4v) is 5.90. The summed E-state index contributed by atoms with van der Waals surface area (Å²) in [6, 6.07) is 17.3. The minimum Gasteiger partial charge on any atom is -0.459 e. The van der Waals surface area contributed by atoms with Gasteiger partial charge >= 0.3 is 5.97 Å². The smallest absolute Gasteiger partial charge is 0.324 e. The van der Waals surface area contributed by atoms with Crippen molar-refractivity contribution in [2.24, 2.45) is 11.8 Å². The van der Waals surface area contributed by atoms with E-state index in [1.165, 1.54) is 0 Å². The number of ether oxygens (including phenoxy) is 1. The van der Waals surface area contributed by atoms with Gasteiger partial charge in [-0.25, -0.2) is 0 Å².